The zero-order chi connectivity index (χ0) is 14.8. The zero-order valence-corrected chi connectivity index (χ0v) is 11.9. The van der Waals surface area contributed by atoms with Crippen LogP contribution in [0.2, 0.25) is 0 Å². The summed E-state index contributed by atoms with van der Waals surface area (Å²) in [6.45, 7) is 6.40. The van der Waals surface area contributed by atoms with Gasteiger partial charge in [-0.15, -0.1) is 0 Å². The van der Waals surface area contributed by atoms with Crippen molar-refractivity contribution in [2.24, 2.45) is 0 Å². The van der Waals surface area contributed by atoms with Gasteiger partial charge in [0.15, 0.2) is 0 Å². The summed E-state index contributed by atoms with van der Waals surface area (Å²) in [4.78, 5) is 25.6. The van der Waals surface area contributed by atoms with Gasteiger partial charge in [0.25, 0.3) is 5.91 Å². The van der Waals surface area contributed by atoms with Crippen LogP contribution in [-0.4, -0.2) is 10.9 Å². The Morgan fingerprint density at radius 3 is 2.25 bits per heavy atom. The van der Waals surface area contributed by atoms with Crippen LogP contribution in [-0.2, 0) is 5.41 Å². The van der Waals surface area contributed by atoms with Gasteiger partial charge in [0.1, 0.15) is 5.69 Å². The summed E-state index contributed by atoms with van der Waals surface area (Å²) >= 11 is 0. The summed E-state index contributed by atoms with van der Waals surface area (Å²) in [6.07, 6.45) is 0. The predicted molar refractivity (Wildman–Crippen MR) is 80.2 cm³/mol. The van der Waals surface area contributed by atoms with Gasteiger partial charge in [-0.3, -0.25) is 9.59 Å². The topological polar surface area (TPSA) is 62.0 Å². The minimum Gasteiger partial charge on any atom is -0.321 e. The van der Waals surface area contributed by atoms with E-state index in [1.807, 2.05) is 24.3 Å². The monoisotopic (exact) mass is 270 g/mol. The molecule has 0 spiro atoms. The van der Waals surface area contributed by atoms with Crippen molar-refractivity contribution in [1.29, 1.82) is 0 Å². The molecular formula is C16H18N2O2. The average molecular weight is 270 g/mol. The number of pyridine rings is 1. The van der Waals surface area contributed by atoms with Crippen molar-refractivity contribution in [3.05, 3.63) is 64.1 Å². The van der Waals surface area contributed by atoms with Crippen LogP contribution >= 0.6 is 0 Å². The second-order valence-electron chi connectivity index (χ2n) is 5.71. The van der Waals surface area contributed by atoms with E-state index in [0.717, 1.165) is 0 Å². The zero-order valence-electron chi connectivity index (χ0n) is 11.9. The van der Waals surface area contributed by atoms with Crippen molar-refractivity contribution >= 4 is 11.6 Å². The van der Waals surface area contributed by atoms with E-state index in [2.05, 4.69) is 31.1 Å². The van der Waals surface area contributed by atoms with Gasteiger partial charge in [0.05, 0.1) is 0 Å². The number of hydrogen-bond acceptors (Lipinski definition) is 2. The minimum absolute atomic E-state index is 0.0766. The highest BCUT2D eigenvalue weighted by Gasteiger charge is 2.13. The van der Waals surface area contributed by atoms with Gasteiger partial charge in [0.2, 0.25) is 5.56 Å². The van der Waals surface area contributed by atoms with Gasteiger partial charge in [-0.25, -0.2) is 0 Å². The van der Waals surface area contributed by atoms with Gasteiger partial charge >= 0.3 is 0 Å². The van der Waals surface area contributed by atoms with Crippen molar-refractivity contribution in [3.63, 3.8) is 0 Å². The summed E-state index contributed by atoms with van der Waals surface area (Å²) in [5.74, 6) is -0.328. The molecule has 2 aromatic rings. The second-order valence-corrected chi connectivity index (χ2v) is 5.71. The Morgan fingerprint density at radius 1 is 1.05 bits per heavy atom. The molecule has 4 heteroatoms. The SMILES string of the molecule is CC(C)(C)c1ccc(NC(=O)c2cccc(=O)[nH]2)cc1. The van der Waals surface area contributed by atoms with Crippen LogP contribution in [0.3, 0.4) is 0 Å². The molecule has 4 nitrogen and oxygen atoms in total. The number of carbonyl (C=O) groups excluding carboxylic acids is 1. The molecule has 20 heavy (non-hydrogen) atoms. The first-order chi connectivity index (χ1) is 9.36. The lowest BCUT2D eigenvalue weighted by Gasteiger charge is -2.19. The molecule has 0 unspecified atom stereocenters. The first-order valence-corrected chi connectivity index (χ1v) is 6.47. The Labute approximate surface area is 117 Å². The number of aromatic nitrogens is 1. The highest BCUT2D eigenvalue weighted by Crippen LogP contribution is 2.23. The molecule has 0 radical (unpaired) electrons. The smallest absolute Gasteiger partial charge is 0.272 e. The second kappa shape index (κ2) is 5.33. The van der Waals surface area contributed by atoms with Gasteiger partial charge < -0.3 is 10.3 Å². The third-order valence-electron chi connectivity index (χ3n) is 3.02. The number of hydrogen-bond donors (Lipinski definition) is 2. The van der Waals surface area contributed by atoms with Crippen molar-refractivity contribution in [2.75, 3.05) is 5.32 Å². The molecule has 2 rings (SSSR count). The third kappa shape index (κ3) is 3.35. The van der Waals surface area contributed by atoms with Crippen molar-refractivity contribution in [1.82, 2.24) is 4.98 Å². The largest absolute Gasteiger partial charge is 0.321 e. The Morgan fingerprint density at radius 2 is 1.70 bits per heavy atom. The van der Waals surface area contributed by atoms with Crippen molar-refractivity contribution in [2.45, 2.75) is 26.2 Å². The molecule has 104 valence electrons. The van der Waals surface area contributed by atoms with E-state index in [1.54, 1.807) is 12.1 Å². The number of anilines is 1. The molecule has 1 aromatic carbocycles. The number of H-pyrrole nitrogens is 1. The molecule has 2 N–H and O–H groups in total. The number of aromatic amines is 1. The number of nitrogens with one attached hydrogen (secondary N) is 2. The lowest BCUT2D eigenvalue weighted by atomic mass is 9.87. The molecule has 0 aliphatic rings. The van der Waals surface area contributed by atoms with Crippen LogP contribution in [0.4, 0.5) is 5.69 Å². The first kappa shape index (κ1) is 14.1. The fourth-order valence-electron chi connectivity index (χ4n) is 1.83. The molecular weight excluding hydrogens is 252 g/mol. The third-order valence-corrected chi connectivity index (χ3v) is 3.02. The quantitative estimate of drug-likeness (QED) is 0.881. The van der Waals surface area contributed by atoms with Crippen LogP contribution < -0.4 is 10.9 Å². The van der Waals surface area contributed by atoms with E-state index >= 15 is 0 Å². The summed E-state index contributed by atoms with van der Waals surface area (Å²) in [5.41, 5.74) is 1.93. The number of amides is 1. The van der Waals surface area contributed by atoms with Gasteiger partial charge in [0, 0.05) is 11.8 Å². The molecule has 0 atom stereocenters. The number of carbonyl (C=O) groups is 1. The molecule has 0 fully saturated rings. The van der Waals surface area contributed by atoms with Gasteiger partial charge in [-0.05, 0) is 29.2 Å². The average Bonchev–Trinajstić information content (AvgIpc) is 2.38. The van der Waals surface area contributed by atoms with E-state index in [4.69, 9.17) is 0 Å². The normalized spacial score (nSPS) is 11.2. The van der Waals surface area contributed by atoms with Crippen LogP contribution in [0.15, 0.2) is 47.3 Å². The summed E-state index contributed by atoms with van der Waals surface area (Å²) in [6, 6.07) is 12.2. The van der Waals surface area contributed by atoms with E-state index < -0.39 is 0 Å². The Balaban J connectivity index is 2.14. The summed E-state index contributed by atoms with van der Waals surface area (Å²) in [5, 5.41) is 2.76. The maximum atomic E-state index is 12.0. The van der Waals surface area contributed by atoms with Crippen molar-refractivity contribution < 1.29 is 4.79 Å². The Kier molecular flexibility index (Phi) is 3.74. The number of rotatable bonds is 2. The van der Waals surface area contributed by atoms with Crippen molar-refractivity contribution in [3.8, 4) is 0 Å². The lowest BCUT2D eigenvalue weighted by Crippen LogP contribution is -2.18. The standard InChI is InChI=1S/C16H18N2O2/c1-16(2,3)11-7-9-12(10-8-11)17-15(20)13-5-4-6-14(19)18-13/h4-10H,1-3H3,(H,17,20)(H,18,19). The molecule has 0 bridgehead atoms. The summed E-state index contributed by atoms with van der Waals surface area (Å²) < 4.78 is 0. The summed E-state index contributed by atoms with van der Waals surface area (Å²) in [7, 11) is 0. The number of benzene rings is 1. The Hall–Kier alpha value is -2.36. The molecule has 0 aliphatic carbocycles. The van der Waals surface area contributed by atoms with E-state index in [9.17, 15) is 9.59 Å². The molecule has 1 amide bonds. The van der Waals surface area contributed by atoms with Crippen LogP contribution in [0.25, 0.3) is 0 Å². The minimum atomic E-state index is -0.328. The fraction of sp³-hybridized carbons (Fsp3) is 0.250. The van der Waals surface area contributed by atoms with Crippen LogP contribution in [0, 0.1) is 0 Å². The highest BCUT2D eigenvalue weighted by atomic mass is 16.2. The lowest BCUT2D eigenvalue weighted by molar-refractivity contribution is 0.102. The van der Waals surface area contributed by atoms with Gasteiger partial charge in [-0.1, -0.05) is 39.0 Å². The molecule has 0 saturated heterocycles. The molecule has 0 saturated carbocycles. The fourth-order valence-corrected chi connectivity index (χ4v) is 1.83. The van der Waals surface area contributed by atoms with E-state index in [1.165, 1.54) is 11.6 Å². The maximum Gasteiger partial charge on any atom is 0.272 e. The van der Waals surface area contributed by atoms with E-state index in [-0.39, 0.29) is 22.6 Å². The Bertz CT molecular complexity index is 664. The maximum absolute atomic E-state index is 12.0. The highest BCUT2D eigenvalue weighted by molar-refractivity contribution is 6.02. The predicted octanol–water partition coefficient (Wildman–Crippen LogP) is 2.92. The van der Waals surface area contributed by atoms with Crippen LogP contribution in [0.1, 0.15) is 36.8 Å². The van der Waals surface area contributed by atoms with Gasteiger partial charge in [-0.2, -0.15) is 0 Å². The molecule has 1 heterocycles. The molecule has 1 aromatic heterocycles. The first-order valence-electron chi connectivity index (χ1n) is 6.47. The van der Waals surface area contributed by atoms with Crippen LogP contribution in [0.5, 0.6) is 0 Å². The van der Waals surface area contributed by atoms with E-state index in [0.29, 0.717) is 5.69 Å². The molecule has 0 aliphatic heterocycles.